The van der Waals surface area contributed by atoms with Gasteiger partial charge in [0.15, 0.2) is 5.78 Å². The number of hydrogen-bond acceptors (Lipinski definition) is 3. The van der Waals surface area contributed by atoms with Crippen LogP contribution in [-0.4, -0.2) is 15.3 Å². The van der Waals surface area contributed by atoms with Gasteiger partial charge in [-0.3, -0.25) is 4.79 Å². The van der Waals surface area contributed by atoms with Crippen molar-refractivity contribution in [1.82, 2.24) is 9.55 Å². The molecule has 2 heterocycles. The number of carbonyl (C=O) groups is 1. The minimum atomic E-state index is 0.164. The fourth-order valence-corrected chi connectivity index (χ4v) is 3.39. The molecule has 0 fully saturated rings. The molecule has 0 aliphatic rings. The molecule has 1 aromatic carbocycles. The van der Waals surface area contributed by atoms with Gasteiger partial charge in [-0.25, -0.2) is 4.98 Å². The summed E-state index contributed by atoms with van der Waals surface area (Å²) < 4.78 is 2.04. The zero-order chi connectivity index (χ0) is 14.8. The van der Waals surface area contributed by atoms with E-state index in [1.54, 1.807) is 11.3 Å². The van der Waals surface area contributed by atoms with Gasteiger partial charge in [-0.05, 0) is 30.7 Å². The van der Waals surface area contributed by atoms with Crippen molar-refractivity contribution in [2.45, 2.75) is 33.2 Å². The van der Waals surface area contributed by atoms with Gasteiger partial charge >= 0.3 is 0 Å². The molecule has 4 heteroatoms. The summed E-state index contributed by atoms with van der Waals surface area (Å²) in [5, 5.41) is 0. The number of fused-ring (bicyclic) bond motifs is 1. The molecule has 0 aliphatic heterocycles. The van der Waals surface area contributed by atoms with E-state index < -0.39 is 0 Å². The quantitative estimate of drug-likeness (QED) is 0.665. The van der Waals surface area contributed by atoms with Crippen LogP contribution in [0.3, 0.4) is 0 Å². The number of nitrogens with zero attached hydrogens (tertiary/aromatic N) is 2. The second-order valence-electron chi connectivity index (χ2n) is 5.00. The number of aryl methyl sites for hydroxylation is 2. The summed E-state index contributed by atoms with van der Waals surface area (Å²) >= 11 is 1.60. The first-order valence-electron chi connectivity index (χ1n) is 7.29. The number of para-hydroxylation sites is 2. The number of carbonyl (C=O) groups excluding carboxylic acids is 1. The number of Topliss-reactive ketones (excluding diaryl/α,β-unsaturated/α-hetero) is 1. The monoisotopic (exact) mass is 298 g/mol. The van der Waals surface area contributed by atoms with E-state index in [1.165, 1.54) is 4.88 Å². The number of imidazole rings is 1. The molecule has 0 radical (unpaired) electrons. The van der Waals surface area contributed by atoms with Crippen LogP contribution in [0.15, 0.2) is 36.4 Å². The third-order valence-corrected chi connectivity index (χ3v) is 4.91. The lowest BCUT2D eigenvalue weighted by Gasteiger charge is -2.06. The molecule has 2 aromatic heterocycles. The van der Waals surface area contributed by atoms with Crippen molar-refractivity contribution in [3.8, 4) is 0 Å². The molecule has 0 N–H and O–H groups in total. The van der Waals surface area contributed by atoms with Crippen molar-refractivity contribution in [3.05, 3.63) is 52.0 Å². The van der Waals surface area contributed by atoms with Crippen molar-refractivity contribution in [2.24, 2.45) is 0 Å². The second kappa shape index (κ2) is 5.82. The highest BCUT2D eigenvalue weighted by Crippen LogP contribution is 2.21. The van der Waals surface area contributed by atoms with E-state index in [9.17, 15) is 4.79 Å². The van der Waals surface area contributed by atoms with Crippen LogP contribution in [-0.2, 0) is 19.4 Å². The fraction of sp³-hybridized carbons (Fsp3) is 0.294. The topological polar surface area (TPSA) is 34.9 Å². The molecule has 0 bridgehead atoms. The van der Waals surface area contributed by atoms with Gasteiger partial charge in [0, 0.05) is 11.3 Å². The van der Waals surface area contributed by atoms with Crippen LogP contribution in [0.25, 0.3) is 11.0 Å². The van der Waals surface area contributed by atoms with Gasteiger partial charge in [-0.1, -0.05) is 26.0 Å². The highest BCUT2D eigenvalue weighted by atomic mass is 32.1. The molecule has 0 atom stereocenters. The van der Waals surface area contributed by atoms with E-state index >= 15 is 0 Å². The number of ketones is 1. The number of hydrogen-bond donors (Lipinski definition) is 0. The average Bonchev–Trinajstić information content (AvgIpc) is 3.12. The van der Waals surface area contributed by atoms with Gasteiger partial charge < -0.3 is 4.57 Å². The molecule has 3 rings (SSSR count). The van der Waals surface area contributed by atoms with Crippen molar-refractivity contribution >= 4 is 28.2 Å². The first-order chi connectivity index (χ1) is 10.2. The summed E-state index contributed by atoms with van der Waals surface area (Å²) in [5.41, 5.74) is 2.00. The van der Waals surface area contributed by atoms with Crippen LogP contribution in [0.1, 0.15) is 34.2 Å². The molecule has 0 aliphatic carbocycles. The molecular formula is C17H18N2OS. The highest BCUT2D eigenvalue weighted by Gasteiger charge is 2.15. The van der Waals surface area contributed by atoms with Gasteiger partial charge in [0.05, 0.1) is 22.5 Å². The van der Waals surface area contributed by atoms with E-state index in [2.05, 4.69) is 18.8 Å². The maximum atomic E-state index is 12.5. The van der Waals surface area contributed by atoms with E-state index in [0.29, 0.717) is 6.54 Å². The lowest BCUT2D eigenvalue weighted by molar-refractivity contribution is 0.0976. The third-order valence-electron chi connectivity index (χ3n) is 3.64. The lowest BCUT2D eigenvalue weighted by atomic mass is 10.2. The Kier molecular flexibility index (Phi) is 3.88. The van der Waals surface area contributed by atoms with Crippen LogP contribution >= 0.6 is 11.3 Å². The molecule has 3 nitrogen and oxygen atoms in total. The number of thiophene rings is 1. The van der Waals surface area contributed by atoms with Crippen molar-refractivity contribution in [3.63, 3.8) is 0 Å². The Hall–Kier alpha value is -1.94. The van der Waals surface area contributed by atoms with Crippen molar-refractivity contribution in [1.29, 1.82) is 0 Å². The Morgan fingerprint density at radius 3 is 2.67 bits per heavy atom. The zero-order valence-electron chi connectivity index (χ0n) is 12.3. The smallest absolute Gasteiger partial charge is 0.192 e. The first kappa shape index (κ1) is 14.0. The molecular weight excluding hydrogens is 280 g/mol. The molecule has 0 saturated heterocycles. The van der Waals surface area contributed by atoms with Crippen LogP contribution in [0.4, 0.5) is 0 Å². The molecule has 0 spiro atoms. The van der Waals surface area contributed by atoms with Crippen molar-refractivity contribution in [2.75, 3.05) is 0 Å². The molecule has 0 saturated carbocycles. The summed E-state index contributed by atoms with van der Waals surface area (Å²) in [4.78, 5) is 19.2. The van der Waals surface area contributed by atoms with E-state index in [1.807, 2.05) is 41.0 Å². The third kappa shape index (κ3) is 2.63. The van der Waals surface area contributed by atoms with Gasteiger partial charge in [0.2, 0.25) is 0 Å². The van der Waals surface area contributed by atoms with Crippen LogP contribution in [0, 0.1) is 0 Å². The fourth-order valence-electron chi connectivity index (χ4n) is 2.51. The molecule has 21 heavy (non-hydrogen) atoms. The standard InChI is InChI=1S/C17H18N2OS/c1-3-12-9-10-16(21-12)15(20)11-19-14-8-6-5-7-13(14)18-17(19)4-2/h5-10H,3-4,11H2,1-2H3. The van der Waals surface area contributed by atoms with Gasteiger partial charge in [0.1, 0.15) is 5.82 Å². The summed E-state index contributed by atoms with van der Waals surface area (Å²) in [6.45, 7) is 4.55. The molecule has 3 aromatic rings. The SMILES string of the molecule is CCc1ccc(C(=O)Cn2c(CC)nc3ccccc32)s1. The summed E-state index contributed by atoms with van der Waals surface area (Å²) in [6, 6.07) is 12.0. The maximum Gasteiger partial charge on any atom is 0.192 e. The number of aromatic nitrogens is 2. The second-order valence-corrected chi connectivity index (χ2v) is 6.17. The molecule has 0 amide bonds. The van der Waals surface area contributed by atoms with Gasteiger partial charge in [-0.2, -0.15) is 0 Å². The predicted molar refractivity (Wildman–Crippen MR) is 87.1 cm³/mol. The Morgan fingerprint density at radius 2 is 1.95 bits per heavy atom. The Bertz CT molecular complexity index is 785. The summed E-state index contributed by atoms with van der Waals surface area (Å²) in [7, 11) is 0. The zero-order valence-corrected chi connectivity index (χ0v) is 13.1. The minimum absolute atomic E-state index is 0.164. The van der Waals surface area contributed by atoms with Crippen LogP contribution in [0.5, 0.6) is 0 Å². The predicted octanol–water partition coefficient (Wildman–Crippen LogP) is 4.11. The number of rotatable bonds is 5. The normalized spacial score (nSPS) is 11.1. The van der Waals surface area contributed by atoms with E-state index in [-0.39, 0.29) is 5.78 Å². The number of benzene rings is 1. The molecule has 108 valence electrons. The van der Waals surface area contributed by atoms with Crippen LogP contribution < -0.4 is 0 Å². The Morgan fingerprint density at radius 1 is 1.14 bits per heavy atom. The first-order valence-corrected chi connectivity index (χ1v) is 8.10. The lowest BCUT2D eigenvalue weighted by Crippen LogP contribution is -2.11. The summed E-state index contributed by atoms with van der Waals surface area (Å²) in [5.74, 6) is 1.13. The van der Waals surface area contributed by atoms with E-state index in [4.69, 9.17) is 0 Å². The summed E-state index contributed by atoms with van der Waals surface area (Å²) in [6.07, 6.45) is 1.80. The van der Waals surface area contributed by atoms with E-state index in [0.717, 1.165) is 34.6 Å². The Balaban J connectivity index is 1.95. The average molecular weight is 298 g/mol. The van der Waals surface area contributed by atoms with Crippen LogP contribution in [0.2, 0.25) is 0 Å². The minimum Gasteiger partial charge on any atom is -0.320 e. The molecule has 0 unspecified atom stereocenters. The largest absolute Gasteiger partial charge is 0.320 e. The Labute approximate surface area is 128 Å². The highest BCUT2D eigenvalue weighted by molar-refractivity contribution is 7.14. The van der Waals surface area contributed by atoms with Crippen molar-refractivity contribution < 1.29 is 4.79 Å². The van der Waals surface area contributed by atoms with Gasteiger partial charge in [-0.15, -0.1) is 11.3 Å². The maximum absolute atomic E-state index is 12.5. The van der Waals surface area contributed by atoms with Gasteiger partial charge in [0.25, 0.3) is 0 Å².